The van der Waals surface area contributed by atoms with Gasteiger partial charge in [0.05, 0.1) is 10.8 Å². The summed E-state index contributed by atoms with van der Waals surface area (Å²) < 4.78 is 21.5. The van der Waals surface area contributed by atoms with E-state index in [0.29, 0.717) is 41.7 Å². The maximum Gasteiger partial charge on any atom is 0.309 e. The van der Waals surface area contributed by atoms with Crippen LogP contribution in [0, 0.1) is 16.0 Å². The fourth-order valence-corrected chi connectivity index (χ4v) is 4.35. The quantitative estimate of drug-likeness (QED) is 0.261. The van der Waals surface area contributed by atoms with Gasteiger partial charge in [-0.25, -0.2) is 0 Å². The highest BCUT2D eigenvalue weighted by Gasteiger charge is 2.30. The zero-order valence-electron chi connectivity index (χ0n) is 19.7. The zero-order valence-corrected chi connectivity index (χ0v) is 19.7. The first-order valence-electron chi connectivity index (χ1n) is 11.7. The molecule has 0 bridgehead atoms. The first-order valence-corrected chi connectivity index (χ1v) is 11.7. The van der Waals surface area contributed by atoms with Crippen LogP contribution in [0.15, 0.2) is 60.7 Å². The van der Waals surface area contributed by atoms with Gasteiger partial charge in [0.2, 0.25) is 13.6 Å². The van der Waals surface area contributed by atoms with E-state index < -0.39 is 22.9 Å². The van der Waals surface area contributed by atoms with E-state index in [1.807, 2.05) is 36.4 Å². The van der Waals surface area contributed by atoms with Gasteiger partial charge in [0.1, 0.15) is 0 Å². The van der Waals surface area contributed by atoms with Crippen molar-refractivity contribution in [2.45, 2.75) is 19.1 Å². The molecule has 0 fully saturated rings. The van der Waals surface area contributed by atoms with Crippen LogP contribution >= 0.6 is 0 Å². The van der Waals surface area contributed by atoms with Crippen LogP contribution in [0.4, 0.5) is 5.69 Å². The highest BCUT2D eigenvalue weighted by atomic mass is 16.7. The Balaban J connectivity index is 1.32. The Morgan fingerprint density at radius 3 is 2.00 bits per heavy atom. The number of non-ortho nitro benzene ring substituents is 1. The van der Waals surface area contributed by atoms with Crippen molar-refractivity contribution in [1.29, 1.82) is 0 Å². The number of benzene rings is 3. The number of hydrogen-bond acceptors (Lipinski definition) is 9. The third-order valence-electron chi connectivity index (χ3n) is 6.28. The summed E-state index contributed by atoms with van der Waals surface area (Å²) in [5, 5.41) is 27.8. The fourth-order valence-electron chi connectivity index (χ4n) is 4.35. The van der Waals surface area contributed by atoms with E-state index >= 15 is 0 Å². The van der Waals surface area contributed by atoms with Gasteiger partial charge in [-0.05, 0) is 41.0 Å². The lowest BCUT2D eigenvalue weighted by molar-refractivity contribution is -0.384. The maximum absolute atomic E-state index is 12.4. The third kappa shape index (κ3) is 5.57. The van der Waals surface area contributed by atoms with Crippen molar-refractivity contribution in [2.75, 3.05) is 20.1 Å². The predicted octanol–water partition coefficient (Wildman–Crippen LogP) is 3.37. The first-order chi connectivity index (χ1) is 18.0. The van der Waals surface area contributed by atoms with Gasteiger partial charge < -0.3 is 34.7 Å². The monoisotopic (exact) mass is 507 g/mol. The lowest BCUT2D eigenvalue weighted by Crippen LogP contribution is -2.39. The first kappa shape index (κ1) is 24.3. The minimum Gasteiger partial charge on any atom is -0.481 e. The molecule has 11 nitrogen and oxygen atoms in total. The van der Waals surface area contributed by atoms with Crippen molar-refractivity contribution in [2.24, 2.45) is 5.92 Å². The van der Waals surface area contributed by atoms with Crippen LogP contribution in [0.25, 0.3) is 0 Å². The van der Waals surface area contributed by atoms with Crippen LogP contribution in [0.3, 0.4) is 0 Å². The Morgan fingerprint density at radius 2 is 1.43 bits per heavy atom. The Bertz CT molecular complexity index is 1300. The molecule has 2 aliphatic rings. The summed E-state index contributed by atoms with van der Waals surface area (Å²) >= 11 is 0. The lowest BCUT2D eigenvalue weighted by atomic mass is 9.92. The Kier molecular flexibility index (Phi) is 7.06. The molecule has 2 atom stereocenters. The molecule has 0 spiro atoms. The van der Waals surface area contributed by atoms with E-state index in [1.54, 1.807) is 12.1 Å². The topological polar surface area (TPSA) is 141 Å². The molecule has 0 saturated carbocycles. The molecular formula is C26H25N3O8. The van der Waals surface area contributed by atoms with E-state index in [4.69, 9.17) is 18.9 Å². The molecule has 2 heterocycles. The van der Waals surface area contributed by atoms with Gasteiger partial charge in [0.25, 0.3) is 5.69 Å². The van der Waals surface area contributed by atoms with Crippen LogP contribution < -0.4 is 29.6 Å². The molecule has 0 aliphatic carbocycles. The van der Waals surface area contributed by atoms with Gasteiger partial charge in [0, 0.05) is 37.8 Å². The smallest absolute Gasteiger partial charge is 0.309 e. The minimum absolute atomic E-state index is 0.0638. The normalized spacial score (nSPS) is 14.8. The van der Waals surface area contributed by atoms with E-state index in [9.17, 15) is 20.0 Å². The summed E-state index contributed by atoms with van der Waals surface area (Å²) in [7, 11) is 0. The van der Waals surface area contributed by atoms with Gasteiger partial charge in [-0.1, -0.05) is 24.3 Å². The van der Waals surface area contributed by atoms with Gasteiger partial charge in [0.15, 0.2) is 23.0 Å². The number of hydrogen-bond donors (Lipinski definition) is 3. The lowest BCUT2D eigenvalue weighted by Gasteiger charge is -2.26. The number of nitrogens with one attached hydrogen (secondary N) is 2. The Morgan fingerprint density at radius 1 is 0.865 bits per heavy atom. The standard InChI is InChI=1S/C26H25N3O8/c30-26(31)20(13-27-11-16-1-7-21-23(9-16)36-14-34-21)25(18-3-5-19(6-4-18)29(32)33)28-12-17-2-8-22-24(10-17)37-15-35-22/h1-10,20,25,27-28H,11-15H2,(H,30,31). The van der Waals surface area contributed by atoms with Gasteiger partial charge in [-0.2, -0.15) is 0 Å². The van der Waals surface area contributed by atoms with Gasteiger partial charge in [-0.3, -0.25) is 14.9 Å². The largest absolute Gasteiger partial charge is 0.481 e. The highest BCUT2D eigenvalue weighted by molar-refractivity contribution is 5.71. The van der Waals surface area contributed by atoms with Crippen molar-refractivity contribution in [3.8, 4) is 23.0 Å². The number of carbonyl (C=O) groups is 1. The third-order valence-corrected chi connectivity index (χ3v) is 6.28. The second kappa shape index (κ2) is 10.7. The molecule has 2 aliphatic heterocycles. The summed E-state index contributed by atoms with van der Waals surface area (Å²) in [5.41, 5.74) is 2.37. The van der Waals surface area contributed by atoms with Crippen molar-refractivity contribution in [3.05, 3.63) is 87.5 Å². The molecule has 192 valence electrons. The predicted molar refractivity (Wildman–Crippen MR) is 131 cm³/mol. The minimum atomic E-state index is -1.00. The van der Waals surface area contributed by atoms with Gasteiger partial charge >= 0.3 is 5.97 Å². The average Bonchev–Trinajstić information content (AvgIpc) is 3.56. The molecule has 3 N–H and O–H groups in total. The zero-order chi connectivity index (χ0) is 25.8. The number of aliphatic carboxylic acids is 1. The molecule has 2 unspecified atom stereocenters. The summed E-state index contributed by atoms with van der Waals surface area (Å²) in [6.07, 6.45) is 0. The average molecular weight is 507 g/mol. The Hall–Kier alpha value is -4.35. The number of nitrogens with zero attached hydrogens (tertiary/aromatic N) is 1. The van der Waals surface area contributed by atoms with Crippen molar-refractivity contribution in [3.63, 3.8) is 0 Å². The maximum atomic E-state index is 12.4. The molecule has 0 amide bonds. The van der Waals surface area contributed by atoms with Crippen LogP contribution in [-0.2, 0) is 17.9 Å². The SMILES string of the molecule is O=C(O)C(CNCc1ccc2c(c1)OCO2)C(NCc1ccc2c(c1)OCO2)c1ccc([N+](=O)[O-])cc1. The van der Waals surface area contributed by atoms with E-state index in [2.05, 4.69) is 10.6 Å². The summed E-state index contributed by atoms with van der Waals surface area (Å²) in [6, 6.07) is 16.4. The molecule has 5 rings (SSSR count). The molecule has 11 heteroatoms. The fraction of sp³-hybridized carbons (Fsp3) is 0.269. The second-order valence-electron chi connectivity index (χ2n) is 8.66. The van der Waals surface area contributed by atoms with Gasteiger partial charge in [-0.15, -0.1) is 0 Å². The molecule has 3 aromatic rings. The number of nitro benzene ring substituents is 1. The van der Waals surface area contributed by atoms with Crippen molar-refractivity contribution in [1.82, 2.24) is 10.6 Å². The molecule has 0 radical (unpaired) electrons. The second-order valence-corrected chi connectivity index (χ2v) is 8.66. The summed E-state index contributed by atoms with van der Waals surface area (Å²) in [5.74, 6) is 0.753. The molecule has 0 saturated heterocycles. The molecule has 0 aromatic heterocycles. The summed E-state index contributed by atoms with van der Waals surface area (Å²) in [4.78, 5) is 23.0. The van der Waals surface area contributed by atoms with Crippen LogP contribution in [0.5, 0.6) is 23.0 Å². The van der Waals surface area contributed by atoms with Crippen molar-refractivity contribution >= 4 is 11.7 Å². The van der Waals surface area contributed by atoms with Crippen LogP contribution in [-0.4, -0.2) is 36.1 Å². The number of nitro groups is 1. The number of carboxylic acid groups (broad SMARTS) is 1. The Labute approximate surface area is 212 Å². The number of ether oxygens (including phenoxy) is 4. The van der Waals surface area contributed by atoms with E-state index in [1.165, 1.54) is 12.1 Å². The van der Waals surface area contributed by atoms with E-state index in [0.717, 1.165) is 11.1 Å². The highest BCUT2D eigenvalue weighted by Crippen LogP contribution is 2.34. The molecular weight excluding hydrogens is 482 g/mol. The number of rotatable bonds is 11. The molecule has 37 heavy (non-hydrogen) atoms. The van der Waals surface area contributed by atoms with Crippen molar-refractivity contribution < 1.29 is 33.8 Å². The molecule has 3 aromatic carbocycles. The van der Waals surface area contributed by atoms with Crippen LogP contribution in [0.2, 0.25) is 0 Å². The number of fused-ring (bicyclic) bond motifs is 2. The summed E-state index contributed by atoms with van der Waals surface area (Å²) in [6.45, 7) is 1.27. The number of carboxylic acids is 1. The van der Waals surface area contributed by atoms with E-state index in [-0.39, 0.29) is 25.8 Å². The van der Waals surface area contributed by atoms with Crippen LogP contribution in [0.1, 0.15) is 22.7 Å².